The van der Waals surface area contributed by atoms with Gasteiger partial charge < -0.3 is 5.32 Å². The van der Waals surface area contributed by atoms with E-state index < -0.39 is 24.5 Å². The fourth-order valence-electron chi connectivity index (χ4n) is 2.56. The van der Waals surface area contributed by atoms with Gasteiger partial charge in [-0.05, 0) is 28.5 Å². The maximum Gasteiger partial charge on any atom is 0.391 e. The number of alkyl halides is 3. The van der Waals surface area contributed by atoms with E-state index in [-0.39, 0.29) is 5.92 Å². The van der Waals surface area contributed by atoms with E-state index in [9.17, 15) is 18.0 Å². The molecule has 0 fully saturated rings. The van der Waals surface area contributed by atoms with Gasteiger partial charge in [0.25, 0.3) is 0 Å². The summed E-state index contributed by atoms with van der Waals surface area (Å²) < 4.78 is 38.3. The first-order chi connectivity index (χ1) is 10.0. The zero-order valence-corrected chi connectivity index (χ0v) is 13.7. The first-order valence-corrected chi connectivity index (χ1v) is 7.49. The first-order valence-electron chi connectivity index (χ1n) is 7.49. The number of nitrogens with one attached hydrogen (secondary N) is 1. The van der Waals surface area contributed by atoms with Crippen molar-refractivity contribution in [1.29, 1.82) is 0 Å². The van der Waals surface area contributed by atoms with Crippen molar-refractivity contribution in [3.05, 3.63) is 34.9 Å². The Labute approximate surface area is 130 Å². The van der Waals surface area contributed by atoms with Gasteiger partial charge in [0.1, 0.15) is 0 Å². The Kier molecular flexibility index (Phi) is 6.03. The molecule has 22 heavy (non-hydrogen) atoms. The van der Waals surface area contributed by atoms with Crippen LogP contribution in [0.3, 0.4) is 0 Å². The minimum Gasteiger partial charge on any atom is -0.349 e. The third kappa shape index (κ3) is 5.35. The van der Waals surface area contributed by atoms with E-state index in [1.165, 1.54) is 6.92 Å². The van der Waals surface area contributed by atoms with Crippen LogP contribution >= 0.6 is 0 Å². The summed E-state index contributed by atoms with van der Waals surface area (Å²) in [5, 5.41) is 2.41. The van der Waals surface area contributed by atoms with E-state index >= 15 is 0 Å². The van der Waals surface area contributed by atoms with Crippen molar-refractivity contribution in [3.63, 3.8) is 0 Å². The lowest BCUT2D eigenvalue weighted by atomic mass is 9.87. The monoisotopic (exact) mass is 315 g/mol. The second-order valence-electron chi connectivity index (χ2n) is 6.27. The molecule has 0 aromatic heterocycles. The highest BCUT2D eigenvalue weighted by Gasteiger charge is 2.33. The predicted octanol–water partition coefficient (Wildman–Crippen LogP) is 5.06. The van der Waals surface area contributed by atoms with E-state index in [1.807, 2.05) is 19.9 Å². The summed E-state index contributed by atoms with van der Waals surface area (Å²) in [5.74, 6) is 0.0442. The van der Waals surface area contributed by atoms with Crippen LogP contribution in [0.2, 0.25) is 0 Å². The first kappa shape index (κ1) is 18.5. The van der Waals surface area contributed by atoms with Crippen LogP contribution < -0.4 is 5.32 Å². The molecular formula is C17H24F3NO. The molecule has 2 nitrogen and oxygen atoms in total. The van der Waals surface area contributed by atoms with Gasteiger partial charge in [0.15, 0.2) is 0 Å². The van der Waals surface area contributed by atoms with Gasteiger partial charge >= 0.3 is 6.18 Å². The second-order valence-corrected chi connectivity index (χ2v) is 6.27. The fraction of sp³-hybridized carbons (Fsp3) is 0.588. The van der Waals surface area contributed by atoms with Crippen LogP contribution in [0.4, 0.5) is 13.2 Å². The highest BCUT2D eigenvalue weighted by molar-refractivity contribution is 5.73. The van der Waals surface area contributed by atoms with Gasteiger partial charge in [0, 0.05) is 6.92 Å². The number of carbonyl (C=O) groups is 1. The Bertz CT molecular complexity index is 521. The molecule has 1 unspecified atom stereocenters. The third-order valence-corrected chi connectivity index (χ3v) is 3.57. The highest BCUT2D eigenvalue weighted by atomic mass is 19.4. The Morgan fingerprint density at radius 2 is 1.64 bits per heavy atom. The number of carbonyl (C=O) groups excluding carboxylic acids is 1. The van der Waals surface area contributed by atoms with Gasteiger partial charge in [0.2, 0.25) is 5.91 Å². The summed E-state index contributed by atoms with van der Waals surface area (Å²) >= 11 is 0. The summed E-state index contributed by atoms with van der Waals surface area (Å²) in [4.78, 5) is 11.2. The molecule has 5 heteroatoms. The average molecular weight is 315 g/mol. The lowest BCUT2D eigenvalue weighted by molar-refractivity contribution is -0.142. The lowest BCUT2D eigenvalue weighted by Gasteiger charge is -2.23. The minimum atomic E-state index is -4.33. The highest BCUT2D eigenvalue weighted by Crippen LogP contribution is 2.33. The molecule has 1 rings (SSSR count). The van der Waals surface area contributed by atoms with Gasteiger partial charge in [-0.15, -0.1) is 0 Å². The molecule has 1 aromatic carbocycles. The van der Waals surface area contributed by atoms with Crippen LogP contribution in [0.1, 0.15) is 75.6 Å². The summed E-state index contributed by atoms with van der Waals surface area (Å²) in [6.45, 7) is 9.38. The molecule has 124 valence electrons. The molecule has 1 aromatic rings. The molecule has 0 bridgehead atoms. The van der Waals surface area contributed by atoms with Crippen LogP contribution in [0.5, 0.6) is 0 Å². The van der Waals surface area contributed by atoms with Crippen molar-refractivity contribution in [2.75, 3.05) is 0 Å². The molecule has 1 N–H and O–H groups in total. The molecule has 0 saturated carbocycles. The quantitative estimate of drug-likeness (QED) is 0.808. The van der Waals surface area contributed by atoms with Crippen molar-refractivity contribution in [3.8, 4) is 0 Å². The third-order valence-electron chi connectivity index (χ3n) is 3.57. The van der Waals surface area contributed by atoms with E-state index in [2.05, 4.69) is 19.2 Å². The van der Waals surface area contributed by atoms with Crippen molar-refractivity contribution in [2.24, 2.45) is 0 Å². The summed E-state index contributed by atoms with van der Waals surface area (Å²) in [6.07, 6.45) is -5.40. The second kappa shape index (κ2) is 7.16. The Morgan fingerprint density at radius 3 is 2.05 bits per heavy atom. The molecule has 0 aliphatic heterocycles. The van der Waals surface area contributed by atoms with Gasteiger partial charge in [-0.3, -0.25) is 4.79 Å². The normalized spacial score (nSPS) is 13.5. The number of rotatable bonds is 5. The Balaban J connectivity index is 3.24. The number of hydrogen-bond acceptors (Lipinski definition) is 1. The number of halogens is 3. The van der Waals surface area contributed by atoms with Gasteiger partial charge in [-0.1, -0.05) is 45.9 Å². The van der Waals surface area contributed by atoms with Crippen molar-refractivity contribution in [1.82, 2.24) is 5.32 Å². The lowest BCUT2D eigenvalue weighted by Crippen LogP contribution is -2.30. The maximum atomic E-state index is 12.8. The Hall–Kier alpha value is -1.52. The standard InChI is InChI=1S/C17H24F3NO/c1-10(2)14-7-6-13(8-15(14)11(3)4)16(21-12(5)22)9-17(18,19)20/h6-8,10-11,16H,9H2,1-5H3,(H,21,22). The van der Waals surface area contributed by atoms with E-state index in [1.54, 1.807) is 12.1 Å². The fourth-order valence-corrected chi connectivity index (χ4v) is 2.56. The van der Waals surface area contributed by atoms with Gasteiger partial charge in [-0.2, -0.15) is 13.2 Å². The number of amides is 1. The zero-order valence-electron chi connectivity index (χ0n) is 13.7. The van der Waals surface area contributed by atoms with E-state index in [4.69, 9.17) is 0 Å². The van der Waals surface area contributed by atoms with Crippen molar-refractivity contribution in [2.45, 2.75) is 65.1 Å². The largest absolute Gasteiger partial charge is 0.391 e. The summed E-state index contributed by atoms with van der Waals surface area (Å²) in [6, 6.07) is 4.32. The maximum absolute atomic E-state index is 12.8. The molecular weight excluding hydrogens is 291 g/mol. The van der Waals surface area contributed by atoms with Gasteiger partial charge in [0.05, 0.1) is 12.5 Å². The summed E-state index contributed by atoms with van der Waals surface area (Å²) in [5.41, 5.74) is 2.66. The SMILES string of the molecule is CC(=O)NC(CC(F)(F)F)c1ccc(C(C)C)c(C(C)C)c1. The molecule has 0 spiro atoms. The van der Waals surface area contributed by atoms with E-state index in [0.717, 1.165) is 11.1 Å². The van der Waals surface area contributed by atoms with Crippen LogP contribution in [-0.2, 0) is 4.79 Å². The smallest absolute Gasteiger partial charge is 0.349 e. The number of benzene rings is 1. The van der Waals surface area contributed by atoms with Crippen LogP contribution in [-0.4, -0.2) is 12.1 Å². The molecule has 1 atom stereocenters. The topological polar surface area (TPSA) is 29.1 Å². The van der Waals surface area contributed by atoms with Gasteiger partial charge in [-0.25, -0.2) is 0 Å². The average Bonchev–Trinajstić information content (AvgIpc) is 2.34. The molecule has 0 saturated heterocycles. The zero-order chi connectivity index (χ0) is 17.1. The van der Waals surface area contributed by atoms with Crippen molar-refractivity contribution >= 4 is 5.91 Å². The minimum absolute atomic E-state index is 0.209. The molecule has 0 aliphatic rings. The van der Waals surface area contributed by atoms with Crippen molar-refractivity contribution < 1.29 is 18.0 Å². The summed E-state index contributed by atoms with van der Waals surface area (Å²) in [7, 11) is 0. The number of hydrogen-bond donors (Lipinski definition) is 1. The van der Waals surface area contributed by atoms with Crippen LogP contribution in [0.15, 0.2) is 18.2 Å². The molecule has 0 aliphatic carbocycles. The van der Waals surface area contributed by atoms with E-state index in [0.29, 0.717) is 11.5 Å². The predicted molar refractivity (Wildman–Crippen MR) is 81.8 cm³/mol. The van der Waals surface area contributed by atoms with Crippen LogP contribution in [0.25, 0.3) is 0 Å². The van der Waals surface area contributed by atoms with Crippen LogP contribution in [0, 0.1) is 0 Å². The molecule has 1 amide bonds. The molecule has 0 heterocycles. The molecule has 0 radical (unpaired) electrons. The Morgan fingerprint density at radius 1 is 1.09 bits per heavy atom.